The van der Waals surface area contributed by atoms with Crippen molar-refractivity contribution in [2.75, 3.05) is 19.8 Å². The molecule has 0 aromatic heterocycles. The summed E-state index contributed by atoms with van der Waals surface area (Å²) in [7, 11) is 0. The fourth-order valence-corrected chi connectivity index (χ4v) is 3.88. The van der Waals surface area contributed by atoms with Crippen LogP contribution in [0.1, 0.15) is 40.0 Å². The molecule has 2 saturated carbocycles. The quantitative estimate of drug-likeness (QED) is 0.546. The number of hydrogen-bond acceptors (Lipinski definition) is 6. The van der Waals surface area contributed by atoms with Crippen molar-refractivity contribution in [2.24, 2.45) is 22.2 Å². The van der Waals surface area contributed by atoms with Gasteiger partial charge in [-0.3, -0.25) is 14.4 Å². The highest BCUT2D eigenvalue weighted by atomic mass is 16.5. The molecule has 0 saturated heterocycles. The topological polar surface area (TPSA) is 101 Å². The van der Waals surface area contributed by atoms with Gasteiger partial charge < -0.3 is 14.9 Å². The summed E-state index contributed by atoms with van der Waals surface area (Å²) in [6.45, 7) is 4.20. The number of esters is 1. The molecule has 2 aliphatic carbocycles. The normalized spacial score (nSPS) is 30.0. The average Bonchev–Trinajstić information content (AvgIpc) is 2.83. The predicted molar refractivity (Wildman–Crippen MR) is 76.8 cm³/mol. The van der Waals surface area contributed by atoms with E-state index in [1.807, 2.05) is 13.8 Å². The predicted octanol–water partition coefficient (Wildman–Crippen LogP) is 0.485. The molecule has 2 aliphatic rings. The zero-order valence-electron chi connectivity index (χ0n) is 13.3. The molecule has 2 atom stereocenters. The standard InChI is InChI=1S/C16H24O6/c1-4-15(7-17,8-18)13(21)22-9-16-6-5-10(14(16,2)3)11(19)12(16)20/h10,17-18H,4-9H2,1-3H3. The first kappa shape index (κ1) is 17.1. The molecule has 0 aliphatic heterocycles. The van der Waals surface area contributed by atoms with Crippen LogP contribution in [0, 0.1) is 22.2 Å². The van der Waals surface area contributed by atoms with Crippen LogP contribution in [0.5, 0.6) is 0 Å². The fraction of sp³-hybridized carbons (Fsp3) is 0.812. The van der Waals surface area contributed by atoms with Crippen LogP contribution in [0.3, 0.4) is 0 Å². The van der Waals surface area contributed by atoms with E-state index in [1.165, 1.54) is 0 Å². The first-order valence-corrected chi connectivity index (χ1v) is 7.70. The Labute approximate surface area is 129 Å². The van der Waals surface area contributed by atoms with Crippen LogP contribution in [0.25, 0.3) is 0 Å². The van der Waals surface area contributed by atoms with Crippen LogP contribution in [0.2, 0.25) is 0 Å². The Hall–Kier alpha value is -1.27. The third-order valence-electron chi connectivity index (χ3n) is 6.10. The van der Waals surface area contributed by atoms with Gasteiger partial charge >= 0.3 is 5.97 Å². The van der Waals surface area contributed by atoms with Crippen molar-refractivity contribution in [3.8, 4) is 0 Å². The highest BCUT2D eigenvalue weighted by Crippen LogP contribution is 2.62. The lowest BCUT2D eigenvalue weighted by atomic mass is 9.69. The van der Waals surface area contributed by atoms with Crippen molar-refractivity contribution >= 4 is 17.5 Å². The second-order valence-corrected chi connectivity index (χ2v) is 7.11. The molecule has 124 valence electrons. The number of fused-ring (bicyclic) bond motifs is 2. The van der Waals surface area contributed by atoms with Crippen molar-refractivity contribution in [1.82, 2.24) is 0 Å². The van der Waals surface area contributed by atoms with E-state index in [-0.39, 0.29) is 24.7 Å². The first-order valence-electron chi connectivity index (χ1n) is 7.70. The van der Waals surface area contributed by atoms with Crippen LogP contribution in [-0.2, 0) is 19.1 Å². The Morgan fingerprint density at radius 3 is 2.32 bits per heavy atom. The fourth-order valence-electron chi connectivity index (χ4n) is 3.88. The van der Waals surface area contributed by atoms with Gasteiger partial charge in [0.25, 0.3) is 0 Å². The number of aliphatic hydroxyl groups is 2. The summed E-state index contributed by atoms with van der Waals surface area (Å²) in [6, 6.07) is 0. The number of Topliss-reactive ketones (excluding diaryl/α,β-unsaturated/α-hetero) is 2. The van der Waals surface area contributed by atoms with Crippen LogP contribution >= 0.6 is 0 Å². The van der Waals surface area contributed by atoms with Gasteiger partial charge in [0.2, 0.25) is 11.6 Å². The van der Waals surface area contributed by atoms with Gasteiger partial charge in [-0.05, 0) is 24.7 Å². The van der Waals surface area contributed by atoms with Gasteiger partial charge in [0, 0.05) is 5.92 Å². The number of ether oxygens (including phenoxy) is 1. The molecule has 0 aromatic rings. The SMILES string of the molecule is CCC(CO)(CO)C(=O)OCC12CCC(C(=O)C1=O)C2(C)C. The van der Waals surface area contributed by atoms with Gasteiger partial charge in [0.05, 0.1) is 18.6 Å². The number of ketones is 2. The molecule has 0 radical (unpaired) electrons. The lowest BCUT2D eigenvalue weighted by molar-refractivity contribution is -0.169. The third kappa shape index (κ3) is 1.97. The molecule has 2 N–H and O–H groups in total. The summed E-state index contributed by atoms with van der Waals surface area (Å²) in [5, 5.41) is 18.8. The van der Waals surface area contributed by atoms with Crippen LogP contribution < -0.4 is 0 Å². The Bertz CT molecular complexity index is 497. The van der Waals surface area contributed by atoms with Gasteiger partial charge in [0.15, 0.2) is 0 Å². The van der Waals surface area contributed by atoms with Gasteiger partial charge in [-0.2, -0.15) is 0 Å². The minimum Gasteiger partial charge on any atom is -0.464 e. The van der Waals surface area contributed by atoms with Crippen molar-refractivity contribution in [2.45, 2.75) is 40.0 Å². The Morgan fingerprint density at radius 1 is 1.32 bits per heavy atom. The number of hydrogen-bond donors (Lipinski definition) is 2. The molecular formula is C16H24O6. The van der Waals surface area contributed by atoms with Crippen LogP contribution in [0.4, 0.5) is 0 Å². The number of aliphatic hydroxyl groups excluding tert-OH is 2. The molecule has 22 heavy (non-hydrogen) atoms. The van der Waals surface area contributed by atoms with E-state index >= 15 is 0 Å². The van der Waals surface area contributed by atoms with Gasteiger partial charge in [-0.25, -0.2) is 0 Å². The first-order chi connectivity index (χ1) is 10.2. The van der Waals surface area contributed by atoms with E-state index < -0.39 is 41.2 Å². The zero-order chi connectivity index (χ0) is 16.8. The maximum absolute atomic E-state index is 12.3. The lowest BCUT2D eigenvalue weighted by Gasteiger charge is -2.36. The summed E-state index contributed by atoms with van der Waals surface area (Å²) in [5.41, 5.74) is -2.85. The largest absolute Gasteiger partial charge is 0.464 e. The molecule has 0 amide bonds. The summed E-state index contributed by atoms with van der Waals surface area (Å²) < 4.78 is 5.31. The van der Waals surface area contributed by atoms with Crippen molar-refractivity contribution in [3.05, 3.63) is 0 Å². The van der Waals surface area contributed by atoms with E-state index in [2.05, 4.69) is 0 Å². The average molecular weight is 312 g/mol. The number of rotatable bonds is 6. The van der Waals surface area contributed by atoms with Crippen molar-refractivity contribution in [3.63, 3.8) is 0 Å². The van der Waals surface area contributed by atoms with E-state index in [4.69, 9.17) is 4.74 Å². The Balaban J connectivity index is 2.19. The summed E-state index contributed by atoms with van der Waals surface area (Å²) >= 11 is 0. The Kier molecular flexibility index (Phi) is 4.21. The maximum atomic E-state index is 12.3. The second-order valence-electron chi connectivity index (χ2n) is 7.11. The third-order valence-corrected chi connectivity index (χ3v) is 6.10. The smallest absolute Gasteiger partial charge is 0.316 e. The van der Waals surface area contributed by atoms with Crippen molar-refractivity contribution in [1.29, 1.82) is 0 Å². The molecule has 2 bridgehead atoms. The molecule has 0 aromatic carbocycles. The minimum atomic E-state index is -1.36. The molecule has 2 fully saturated rings. The highest BCUT2D eigenvalue weighted by Gasteiger charge is 2.69. The molecule has 2 unspecified atom stereocenters. The minimum absolute atomic E-state index is 0.165. The number of carbonyl (C=O) groups is 3. The van der Waals surface area contributed by atoms with Gasteiger partial charge in [-0.15, -0.1) is 0 Å². The molecule has 2 rings (SSSR count). The molecule has 6 heteroatoms. The lowest BCUT2D eigenvalue weighted by Crippen LogP contribution is -2.45. The highest BCUT2D eigenvalue weighted by molar-refractivity contribution is 6.43. The van der Waals surface area contributed by atoms with Crippen molar-refractivity contribution < 1.29 is 29.3 Å². The molecule has 6 nitrogen and oxygen atoms in total. The molecule has 0 heterocycles. The second kappa shape index (κ2) is 5.42. The van der Waals surface area contributed by atoms with Gasteiger partial charge in [0.1, 0.15) is 12.0 Å². The number of carbonyl (C=O) groups excluding carboxylic acids is 3. The maximum Gasteiger partial charge on any atom is 0.316 e. The molecule has 0 spiro atoms. The van der Waals surface area contributed by atoms with Crippen LogP contribution in [-0.4, -0.2) is 47.6 Å². The summed E-state index contributed by atoms with van der Waals surface area (Å²) in [4.78, 5) is 36.6. The summed E-state index contributed by atoms with van der Waals surface area (Å²) in [5.74, 6) is -1.83. The van der Waals surface area contributed by atoms with Gasteiger partial charge in [-0.1, -0.05) is 20.8 Å². The monoisotopic (exact) mass is 312 g/mol. The van der Waals surface area contributed by atoms with E-state index in [0.717, 1.165) is 0 Å². The van der Waals surface area contributed by atoms with Crippen LogP contribution in [0.15, 0.2) is 0 Å². The van der Waals surface area contributed by atoms with E-state index in [9.17, 15) is 24.6 Å². The summed E-state index contributed by atoms with van der Waals surface area (Å²) in [6.07, 6.45) is 1.39. The Morgan fingerprint density at radius 2 is 1.91 bits per heavy atom. The van der Waals surface area contributed by atoms with E-state index in [0.29, 0.717) is 12.8 Å². The zero-order valence-corrected chi connectivity index (χ0v) is 13.3. The van der Waals surface area contributed by atoms with E-state index in [1.54, 1.807) is 6.92 Å². The molecular weight excluding hydrogens is 288 g/mol.